The summed E-state index contributed by atoms with van der Waals surface area (Å²) in [6, 6.07) is 22.3. The van der Waals surface area contributed by atoms with Crippen molar-refractivity contribution < 1.29 is 14.3 Å². The molecule has 5 rings (SSSR count). The number of aromatic nitrogens is 3. The fourth-order valence-electron chi connectivity index (χ4n) is 4.34. The lowest BCUT2D eigenvalue weighted by atomic mass is 10.0. The minimum absolute atomic E-state index is 0.312. The van der Waals surface area contributed by atoms with Crippen LogP contribution in [0.1, 0.15) is 21.7 Å². The van der Waals surface area contributed by atoms with Crippen LogP contribution in [0.5, 0.6) is 0 Å². The first-order valence-electron chi connectivity index (χ1n) is 11.0. The van der Waals surface area contributed by atoms with Gasteiger partial charge in [0, 0.05) is 34.8 Å². The second-order valence-electron chi connectivity index (χ2n) is 8.15. The fraction of sp³-hybridized carbons (Fsp3) is 0.148. The van der Waals surface area contributed by atoms with Crippen molar-refractivity contribution in [2.75, 3.05) is 7.11 Å². The van der Waals surface area contributed by atoms with Gasteiger partial charge in [-0.2, -0.15) is 0 Å². The Hall–Kier alpha value is -4.39. The van der Waals surface area contributed by atoms with Crippen LogP contribution in [-0.4, -0.2) is 39.6 Å². The van der Waals surface area contributed by atoms with Crippen LogP contribution in [0.4, 0.5) is 0 Å². The lowest BCUT2D eigenvalue weighted by molar-refractivity contribution is -0.142. The van der Waals surface area contributed by atoms with Gasteiger partial charge in [-0.25, -0.2) is 9.78 Å². The van der Waals surface area contributed by atoms with Crippen molar-refractivity contribution in [1.82, 2.24) is 19.9 Å². The Kier molecular flexibility index (Phi) is 5.59. The molecule has 0 aliphatic carbocycles. The number of aryl methyl sites for hydroxylation is 1. The molecule has 0 fully saturated rings. The monoisotopic (exact) mass is 452 g/mol. The van der Waals surface area contributed by atoms with Crippen LogP contribution >= 0.6 is 0 Å². The van der Waals surface area contributed by atoms with Gasteiger partial charge in [-0.05, 0) is 48.9 Å². The molecule has 7 heteroatoms. The van der Waals surface area contributed by atoms with Gasteiger partial charge < -0.3 is 15.0 Å². The highest BCUT2D eigenvalue weighted by Crippen LogP contribution is 2.23. The molecule has 3 aromatic carbocycles. The number of amides is 1. The van der Waals surface area contributed by atoms with Gasteiger partial charge in [-0.1, -0.05) is 36.4 Å². The highest BCUT2D eigenvalue weighted by atomic mass is 16.5. The number of benzene rings is 3. The summed E-state index contributed by atoms with van der Waals surface area (Å²) in [5.74, 6) is -0.0292. The van der Waals surface area contributed by atoms with E-state index in [1.165, 1.54) is 7.11 Å². The number of carbonyl (C=O) groups excluding carboxylic acids is 2. The average Bonchev–Trinajstić information content (AvgIpc) is 3.42. The van der Waals surface area contributed by atoms with E-state index in [2.05, 4.69) is 15.3 Å². The van der Waals surface area contributed by atoms with Crippen LogP contribution < -0.4 is 5.32 Å². The molecule has 1 amide bonds. The van der Waals surface area contributed by atoms with Crippen molar-refractivity contribution in [2.24, 2.45) is 0 Å². The number of nitrogens with one attached hydrogen (secondary N) is 2. The Morgan fingerprint density at radius 3 is 2.62 bits per heavy atom. The summed E-state index contributed by atoms with van der Waals surface area (Å²) in [6.07, 6.45) is 2.17. The number of nitrogens with zero attached hydrogens (tertiary/aromatic N) is 2. The molecule has 170 valence electrons. The van der Waals surface area contributed by atoms with Crippen LogP contribution in [0.3, 0.4) is 0 Å². The number of hydrogen-bond acceptors (Lipinski definition) is 4. The van der Waals surface area contributed by atoms with E-state index in [0.717, 1.165) is 33.5 Å². The van der Waals surface area contributed by atoms with Gasteiger partial charge >= 0.3 is 5.97 Å². The minimum atomic E-state index is -0.823. The van der Waals surface area contributed by atoms with Crippen LogP contribution in [0, 0.1) is 6.92 Å². The summed E-state index contributed by atoms with van der Waals surface area (Å²) in [5, 5.41) is 3.85. The number of methoxy groups -OCH3 is 1. The summed E-state index contributed by atoms with van der Waals surface area (Å²) in [6.45, 7) is 1.93. The molecule has 0 spiro atoms. The fourth-order valence-corrected chi connectivity index (χ4v) is 4.34. The van der Waals surface area contributed by atoms with Crippen LogP contribution in [0.2, 0.25) is 0 Å². The van der Waals surface area contributed by atoms with E-state index in [1.807, 2.05) is 78.4 Å². The van der Waals surface area contributed by atoms with Crippen molar-refractivity contribution in [3.63, 3.8) is 0 Å². The van der Waals surface area contributed by atoms with Gasteiger partial charge in [-0.3, -0.25) is 9.36 Å². The number of imidazole rings is 1. The minimum Gasteiger partial charge on any atom is -0.467 e. The number of esters is 1. The summed E-state index contributed by atoms with van der Waals surface area (Å²) >= 11 is 0. The first kappa shape index (κ1) is 21.5. The largest absolute Gasteiger partial charge is 0.467 e. The van der Waals surface area contributed by atoms with E-state index in [-0.39, 0.29) is 5.91 Å². The maximum Gasteiger partial charge on any atom is 0.328 e. The maximum absolute atomic E-state index is 13.1. The number of carbonyl (C=O) groups is 2. The zero-order valence-electron chi connectivity index (χ0n) is 18.9. The van der Waals surface area contributed by atoms with Crippen molar-refractivity contribution in [3.05, 3.63) is 95.9 Å². The molecule has 2 heterocycles. The number of para-hydroxylation sites is 2. The molecular formula is C27H24N4O3. The molecule has 0 aliphatic rings. The third-order valence-corrected chi connectivity index (χ3v) is 5.99. The molecule has 34 heavy (non-hydrogen) atoms. The summed E-state index contributed by atoms with van der Waals surface area (Å²) in [4.78, 5) is 33.5. The molecule has 1 unspecified atom stereocenters. The molecule has 0 aliphatic heterocycles. The molecule has 1 atom stereocenters. The van der Waals surface area contributed by atoms with Gasteiger partial charge in [0.05, 0.1) is 18.1 Å². The quantitative estimate of drug-likeness (QED) is 0.375. The molecule has 2 N–H and O–H groups in total. The number of ether oxygens (including phenoxy) is 1. The highest BCUT2D eigenvalue weighted by Gasteiger charge is 2.24. The number of rotatable bonds is 6. The summed E-state index contributed by atoms with van der Waals surface area (Å²) in [5.41, 5.74) is 4.95. The molecule has 5 aromatic rings. The Morgan fingerprint density at radius 1 is 1.06 bits per heavy atom. The SMILES string of the molecule is COC(=O)C(Cc1c[nH]c2ccccc12)NC(=O)c1ccc2c(c1)nc(C)n2-c1ccccc1. The molecule has 2 aromatic heterocycles. The van der Waals surface area contributed by atoms with E-state index in [4.69, 9.17) is 4.74 Å². The van der Waals surface area contributed by atoms with Crippen molar-refractivity contribution in [3.8, 4) is 5.69 Å². The normalized spacial score (nSPS) is 12.1. The van der Waals surface area contributed by atoms with E-state index in [0.29, 0.717) is 17.5 Å². The van der Waals surface area contributed by atoms with Gasteiger partial charge in [0.25, 0.3) is 5.91 Å². The predicted molar refractivity (Wildman–Crippen MR) is 131 cm³/mol. The molecular weight excluding hydrogens is 428 g/mol. The van der Waals surface area contributed by atoms with E-state index in [1.54, 1.807) is 12.1 Å². The number of fused-ring (bicyclic) bond motifs is 2. The van der Waals surface area contributed by atoms with E-state index in [9.17, 15) is 9.59 Å². The van der Waals surface area contributed by atoms with Gasteiger partial charge in [0.2, 0.25) is 0 Å². The third-order valence-electron chi connectivity index (χ3n) is 5.99. The lowest BCUT2D eigenvalue weighted by Crippen LogP contribution is -2.43. The van der Waals surface area contributed by atoms with Gasteiger partial charge in [0.1, 0.15) is 11.9 Å². The first-order chi connectivity index (χ1) is 16.5. The predicted octanol–water partition coefficient (Wildman–Crippen LogP) is 4.33. The number of aromatic amines is 1. The first-order valence-corrected chi connectivity index (χ1v) is 11.0. The van der Waals surface area contributed by atoms with Gasteiger partial charge in [-0.15, -0.1) is 0 Å². The second kappa shape index (κ2) is 8.86. The number of hydrogen-bond donors (Lipinski definition) is 2. The highest BCUT2D eigenvalue weighted by molar-refractivity contribution is 5.99. The zero-order chi connectivity index (χ0) is 23.7. The van der Waals surface area contributed by atoms with Gasteiger partial charge in [0.15, 0.2) is 0 Å². The van der Waals surface area contributed by atoms with Crippen molar-refractivity contribution in [2.45, 2.75) is 19.4 Å². The average molecular weight is 453 g/mol. The molecule has 0 saturated heterocycles. The molecule has 0 radical (unpaired) electrons. The van der Waals surface area contributed by atoms with Crippen LogP contribution in [-0.2, 0) is 16.0 Å². The maximum atomic E-state index is 13.1. The Morgan fingerprint density at radius 2 is 1.82 bits per heavy atom. The second-order valence-corrected chi connectivity index (χ2v) is 8.15. The molecule has 0 bridgehead atoms. The van der Waals surface area contributed by atoms with Crippen LogP contribution in [0.25, 0.3) is 27.6 Å². The van der Waals surface area contributed by atoms with Crippen LogP contribution in [0.15, 0.2) is 79.0 Å². The van der Waals surface area contributed by atoms with Crippen molar-refractivity contribution >= 4 is 33.8 Å². The van der Waals surface area contributed by atoms with Crippen molar-refractivity contribution in [1.29, 1.82) is 0 Å². The van der Waals surface area contributed by atoms with E-state index < -0.39 is 12.0 Å². The lowest BCUT2D eigenvalue weighted by Gasteiger charge is -2.16. The standard InChI is InChI=1S/C27H24N4O3/c1-17-29-23-14-18(12-13-25(23)31(17)20-8-4-3-5-9-20)26(32)30-24(27(33)34-2)15-19-16-28-22-11-7-6-10-21(19)22/h3-14,16,24,28H,15H2,1-2H3,(H,30,32). The zero-order valence-corrected chi connectivity index (χ0v) is 18.9. The molecule has 0 saturated carbocycles. The number of H-pyrrole nitrogens is 1. The Bertz CT molecular complexity index is 1500. The third kappa shape index (κ3) is 3.92. The summed E-state index contributed by atoms with van der Waals surface area (Å²) in [7, 11) is 1.32. The Balaban J connectivity index is 1.42. The smallest absolute Gasteiger partial charge is 0.328 e. The Labute approximate surface area is 196 Å². The van der Waals surface area contributed by atoms with E-state index >= 15 is 0 Å². The topological polar surface area (TPSA) is 89.0 Å². The molecule has 7 nitrogen and oxygen atoms in total. The summed E-state index contributed by atoms with van der Waals surface area (Å²) < 4.78 is 7.02.